The summed E-state index contributed by atoms with van der Waals surface area (Å²) in [5.74, 6) is -0.0476. The maximum absolute atomic E-state index is 12.4. The minimum Gasteiger partial charge on any atom is -0.369 e. The third-order valence-electron chi connectivity index (χ3n) is 5.95. The molecule has 3 nitrogen and oxygen atoms in total. The lowest BCUT2D eigenvalue weighted by molar-refractivity contribution is -0.120. The molecule has 0 aliphatic heterocycles. The molecule has 1 aliphatic carbocycles. The van der Waals surface area contributed by atoms with Gasteiger partial charge in [-0.25, -0.2) is 0 Å². The summed E-state index contributed by atoms with van der Waals surface area (Å²) in [6.07, 6.45) is 0.782. The maximum Gasteiger partial charge on any atom is 0.228 e. The minimum atomic E-state index is -0.570. The molecule has 1 aliphatic rings. The van der Waals surface area contributed by atoms with E-state index in [4.69, 9.17) is 28.9 Å². The fourth-order valence-corrected chi connectivity index (χ4v) is 4.53. The van der Waals surface area contributed by atoms with Gasteiger partial charge < -0.3 is 5.73 Å². The van der Waals surface area contributed by atoms with Gasteiger partial charge in [-0.1, -0.05) is 77.8 Å². The fraction of sp³-hybridized carbons (Fsp3) is 0.240. The van der Waals surface area contributed by atoms with E-state index in [1.807, 2.05) is 78.9 Å². The van der Waals surface area contributed by atoms with Crippen molar-refractivity contribution < 1.29 is 4.79 Å². The van der Waals surface area contributed by atoms with Crippen LogP contribution in [0.25, 0.3) is 0 Å². The van der Waals surface area contributed by atoms with Crippen LogP contribution < -0.4 is 5.73 Å². The molecule has 0 saturated heterocycles. The summed E-state index contributed by atoms with van der Waals surface area (Å²) >= 11 is 12.1. The molecule has 2 N–H and O–H groups in total. The summed E-state index contributed by atoms with van der Waals surface area (Å²) in [5.41, 5.74) is 8.69. The second-order valence-electron chi connectivity index (χ2n) is 8.03. The number of benzene rings is 3. The Kier molecular flexibility index (Phi) is 6.14. The van der Waals surface area contributed by atoms with Gasteiger partial charge in [0.2, 0.25) is 5.91 Å². The lowest BCUT2D eigenvalue weighted by Gasteiger charge is -2.24. The molecule has 1 amide bonds. The van der Waals surface area contributed by atoms with Crippen LogP contribution in [0.5, 0.6) is 0 Å². The summed E-state index contributed by atoms with van der Waals surface area (Å²) < 4.78 is 0. The van der Waals surface area contributed by atoms with E-state index in [0.717, 1.165) is 41.7 Å². The lowest BCUT2D eigenvalue weighted by atomic mass is 9.92. The largest absolute Gasteiger partial charge is 0.369 e. The molecule has 1 saturated carbocycles. The number of nitrogens with zero attached hydrogens (tertiary/aromatic N) is 1. The van der Waals surface area contributed by atoms with Crippen LogP contribution in [0, 0.1) is 5.92 Å². The molecule has 0 aromatic heterocycles. The van der Waals surface area contributed by atoms with Crippen molar-refractivity contribution in [1.29, 1.82) is 0 Å². The van der Waals surface area contributed by atoms with Crippen LogP contribution in [0.4, 0.5) is 0 Å². The summed E-state index contributed by atoms with van der Waals surface area (Å²) in [5, 5.41) is 1.45. The van der Waals surface area contributed by atoms with Crippen LogP contribution in [0.1, 0.15) is 23.1 Å². The summed E-state index contributed by atoms with van der Waals surface area (Å²) in [7, 11) is 0. The van der Waals surface area contributed by atoms with Crippen molar-refractivity contribution in [3.63, 3.8) is 0 Å². The van der Waals surface area contributed by atoms with Crippen LogP contribution in [-0.2, 0) is 23.3 Å². The van der Waals surface area contributed by atoms with Crippen molar-refractivity contribution in [3.8, 4) is 0 Å². The zero-order valence-corrected chi connectivity index (χ0v) is 18.1. The van der Waals surface area contributed by atoms with E-state index in [2.05, 4.69) is 4.90 Å². The highest BCUT2D eigenvalue weighted by molar-refractivity contribution is 6.30. The van der Waals surface area contributed by atoms with E-state index in [0.29, 0.717) is 0 Å². The molecule has 5 heteroatoms. The highest BCUT2D eigenvalue weighted by atomic mass is 35.5. The Morgan fingerprint density at radius 2 is 1.37 bits per heavy atom. The number of hydrogen-bond acceptors (Lipinski definition) is 2. The van der Waals surface area contributed by atoms with E-state index in [-0.39, 0.29) is 11.8 Å². The van der Waals surface area contributed by atoms with Crippen LogP contribution in [-0.4, -0.2) is 17.4 Å². The molecule has 1 fully saturated rings. The Hall–Kier alpha value is -2.33. The zero-order valence-electron chi connectivity index (χ0n) is 16.6. The second kappa shape index (κ2) is 8.81. The predicted octanol–water partition coefficient (Wildman–Crippen LogP) is 5.44. The first-order valence-electron chi connectivity index (χ1n) is 10.0. The first-order valence-corrected chi connectivity index (χ1v) is 10.8. The third-order valence-corrected chi connectivity index (χ3v) is 6.46. The first kappa shape index (κ1) is 20.9. The van der Waals surface area contributed by atoms with Crippen molar-refractivity contribution >= 4 is 29.1 Å². The Bertz CT molecular complexity index is 958. The number of hydrogen-bond donors (Lipinski definition) is 1. The number of halogens is 2. The number of amides is 1. The van der Waals surface area contributed by atoms with Crippen molar-refractivity contribution in [3.05, 3.63) is 106 Å². The zero-order chi connectivity index (χ0) is 21.1. The van der Waals surface area contributed by atoms with E-state index in [1.54, 1.807) is 0 Å². The van der Waals surface area contributed by atoms with E-state index in [1.165, 1.54) is 11.1 Å². The molecule has 154 valence electrons. The Morgan fingerprint density at radius 1 is 0.867 bits per heavy atom. The molecular formula is C25H24Cl2N2O. The fourth-order valence-electron chi connectivity index (χ4n) is 4.28. The molecule has 0 radical (unpaired) electrons. The van der Waals surface area contributed by atoms with Gasteiger partial charge >= 0.3 is 0 Å². The van der Waals surface area contributed by atoms with Crippen molar-refractivity contribution in [2.45, 2.75) is 24.9 Å². The van der Waals surface area contributed by atoms with Gasteiger partial charge in [0.05, 0.1) is 5.41 Å². The number of primary amides is 1. The second-order valence-corrected chi connectivity index (χ2v) is 8.90. The average Bonchev–Trinajstić information content (AvgIpc) is 3.47. The molecule has 3 aromatic rings. The average molecular weight is 439 g/mol. The molecule has 0 spiro atoms. The molecule has 2 atom stereocenters. The van der Waals surface area contributed by atoms with Crippen LogP contribution >= 0.6 is 23.2 Å². The molecule has 0 bridgehead atoms. The van der Waals surface area contributed by atoms with E-state index < -0.39 is 5.41 Å². The molecule has 3 aromatic carbocycles. The lowest BCUT2D eigenvalue weighted by Crippen LogP contribution is -2.34. The monoisotopic (exact) mass is 438 g/mol. The van der Waals surface area contributed by atoms with E-state index >= 15 is 0 Å². The van der Waals surface area contributed by atoms with Gasteiger partial charge in [-0.3, -0.25) is 9.69 Å². The normalized spacial score (nSPS) is 20.3. The molecule has 0 heterocycles. The topological polar surface area (TPSA) is 46.3 Å². The van der Waals surface area contributed by atoms with Crippen molar-refractivity contribution in [2.75, 3.05) is 6.54 Å². The smallest absolute Gasteiger partial charge is 0.228 e. The predicted molar refractivity (Wildman–Crippen MR) is 122 cm³/mol. The number of nitrogens with two attached hydrogens (primary N) is 1. The third kappa shape index (κ3) is 4.54. The summed E-state index contributed by atoms with van der Waals surface area (Å²) in [4.78, 5) is 14.8. The van der Waals surface area contributed by atoms with Crippen LogP contribution in [0.15, 0.2) is 78.9 Å². The van der Waals surface area contributed by atoms with Gasteiger partial charge in [-0.15, -0.1) is 0 Å². The Balaban J connectivity index is 1.55. The summed E-state index contributed by atoms with van der Waals surface area (Å²) in [6.45, 7) is 2.31. The summed E-state index contributed by atoms with van der Waals surface area (Å²) in [6, 6.07) is 25.7. The van der Waals surface area contributed by atoms with Gasteiger partial charge in [0, 0.05) is 29.7 Å². The van der Waals surface area contributed by atoms with Crippen molar-refractivity contribution in [2.24, 2.45) is 11.7 Å². The Labute approximate surface area is 187 Å². The molecule has 30 heavy (non-hydrogen) atoms. The number of carbonyl (C=O) groups excluding carboxylic acids is 1. The van der Waals surface area contributed by atoms with Gasteiger partial charge in [-0.2, -0.15) is 0 Å². The van der Waals surface area contributed by atoms with Crippen LogP contribution in [0.3, 0.4) is 0 Å². The highest BCUT2D eigenvalue weighted by Gasteiger charge is 2.60. The van der Waals surface area contributed by atoms with Gasteiger partial charge in [0.25, 0.3) is 0 Å². The van der Waals surface area contributed by atoms with Gasteiger partial charge in [0.15, 0.2) is 0 Å². The van der Waals surface area contributed by atoms with Gasteiger partial charge in [-0.05, 0) is 53.3 Å². The Morgan fingerprint density at radius 3 is 1.83 bits per heavy atom. The van der Waals surface area contributed by atoms with Gasteiger partial charge in [0.1, 0.15) is 0 Å². The standard InChI is InChI=1S/C25H24Cl2N2O/c26-22-10-6-18(7-11-22)15-29(16-19-8-12-23(27)13-9-19)17-21-14-25(21,24(28)30)20-4-2-1-3-5-20/h1-13,21H,14-17H2,(H2,28,30)/t21-,25-/m1/s1. The SMILES string of the molecule is NC(=O)[C@@]1(c2ccccc2)C[C@@H]1CN(Cc1ccc(Cl)cc1)Cc1ccc(Cl)cc1. The number of rotatable bonds is 8. The molecular weight excluding hydrogens is 415 g/mol. The maximum atomic E-state index is 12.4. The minimum absolute atomic E-state index is 0.192. The number of carbonyl (C=O) groups is 1. The first-order chi connectivity index (χ1) is 14.5. The van der Waals surface area contributed by atoms with E-state index in [9.17, 15) is 4.79 Å². The quantitative estimate of drug-likeness (QED) is 0.508. The van der Waals surface area contributed by atoms with Crippen molar-refractivity contribution in [1.82, 2.24) is 4.90 Å². The van der Waals surface area contributed by atoms with Crippen LogP contribution in [0.2, 0.25) is 10.0 Å². The molecule has 0 unspecified atom stereocenters. The highest BCUT2D eigenvalue weighted by Crippen LogP contribution is 2.54. The molecule has 4 rings (SSSR count).